The van der Waals surface area contributed by atoms with Crippen LogP contribution < -0.4 is 14.8 Å². The Hall–Kier alpha value is -3.40. The molecule has 1 aromatic heterocycles. The number of esters is 1. The molecule has 10 heteroatoms. The van der Waals surface area contributed by atoms with Crippen molar-refractivity contribution in [1.82, 2.24) is 4.90 Å². The summed E-state index contributed by atoms with van der Waals surface area (Å²) in [5, 5.41) is 4.45. The molecular formula is C20H20N2O7S. The molecule has 1 N–H and O–H groups in total. The number of ether oxygens (including phenoxy) is 3. The summed E-state index contributed by atoms with van der Waals surface area (Å²) in [6.07, 6.45) is 0.907. The van der Waals surface area contributed by atoms with Gasteiger partial charge in [-0.3, -0.25) is 19.3 Å². The fourth-order valence-corrected chi connectivity index (χ4v) is 3.59. The van der Waals surface area contributed by atoms with Gasteiger partial charge in [0.15, 0.2) is 18.1 Å². The largest absolute Gasteiger partial charge is 0.493 e. The lowest BCUT2D eigenvalue weighted by atomic mass is 10.1. The maximum Gasteiger partial charge on any atom is 0.338 e. The number of benzene rings is 1. The van der Waals surface area contributed by atoms with Gasteiger partial charge in [0, 0.05) is 13.0 Å². The van der Waals surface area contributed by atoms with Crippen LogP contribution in [0, 0.1) is 0 Å². The second-order valence-electron chi connectivity index (χ2n) is 6.31. The number of hydrogen-bond donors (Lipinski definition) is 1. The third kappa shape index (κ3) is 4.60. The Morgan fingerprint density at radius 1 is 1.20 bits per heavy atom. The average Bonchev–Trinajstić information content (AvgIpc) is 3.43. The molecule has 1 fully saturated rings. The van der Waals surface area contributed by atoms with E-state index < -0.39 is 18.5 Å². The monoisotopic (exact) mass is 432 g/mol. The number of anilines is 1. The van der Waals surface area contributed by atoms with Crippen molar-refractivity contribution in [3.05, 3.63) is 40.1 Å². The standard InChI is InChI=1S/C20H20N2O7S/c1-27-14-10-12(20(26)29-11-17(24)22-7-3-6-16(22)23)9-13(18(14)28-2)21-19(25)15-5-4-8-30-15/h4-5,8-10H,3,6-7,11H2,1-2H3,(H,21,25). The van der Waals surface area contributed by atoms with Crippen LogP contribution in [-0.4, -0.2) is 56.0 Å². The molecule has 3 rings (SSSR count). The fraction of sp³-hybridized carbons (Fsp3) is 0.300. The first kappa shape index (κ1) is 21.3. The molecule has 1 saturated heterocycles. The minimum atomic E-state index is -0.803. The topological polar surface area (TPSA) is 111 Å². The van der Waals surface area contributed by atoms with Gasteiger partial charge in [-0.25, -0.2) is 4.79 Å². The van der Waals surface area contributed by atoms with Crippen molar-refractivity contribution in [2.45, 2.75) is 12.8 Å². The van der Waals surface area contributed by atoms with Gasteiger partial charge in [-0.15, -0.1) is 11.3 Å². The SMILES string of the molecule is COc1cc(C(=O)OCC(=O)N2CCCC2=O)cc(NC(=O)c2cccs2)c1OC. The van der Waals surface area contributed by atoms with Crippen LogP contribution in [0.5, 0.6) is 11.5 Å². The van der Waals surface area contributed by atoms with Gasteiger partial charge >= 0.3 is 5.97 Å². The first-order valence-electron chi connectivity index (χ1n) is 9.05. The number of imide groups is 1. The molecule has 0 aliphatic carbocycles. The van der Waals surface area contributed by atoms with Crippen LogP contribution >= 0.6 is 11.3 Å². The van der Waals surface area contributed by atoms with E-state index in [1.807, 2.05) is 0 Å². The molecule has 0 atom stereocenters. The van der Waals surface area contributed by atoms with Crippen molar-refractivity contribution in [3.63, 3.8) is 0 Å². The number of nitrogens with one attached hydrogen (secondary N) is 1. The van der Waals surface area contributed by atoms with Crippen LogP contribution in [0.15, 0.2) is 29.6 Å². The van der Waals surface area contributed by atoms with Crippen LogP contribution in [0.3, 0.4) is 0 Å². The lowest BCUT2D eigenvalue weighted by Crippen LogP contribution is -2.35. The number of hydrogen-bond acceptors (Lipinski definition) is 8. The minimum absolute atomic E-state index is 0.0506. The summed E-state index contributed by atoms with van der Waals surface area (Å²) >= 11 is 1.26. The fourth-order valence-electron chi connectivity index (χ4n) is 2.97. The van der Waals surface area contributed by atoms with E-state index in [1.165, 1.54) is 37.7 Å². The highest BCUT2D eigenvalue weighted by Gasteiger charge is 2.27. The summed E-state index contributed by atoms with van der Waals surface area (Å²) in [5.41, 5.74) is 0.262. The van der Waals surface area contributed by atoms with Crippen LogP contribution in [0.25, 0.3) is 0 Å². The third-order valence-corrected chi connectivity index (χ3v) is 5.28. The van der Waals surface area contributed by atoms with Crippen LogP contribution in [0.2, 0.25) is 0 Å². The summed E-state index contributed by atoms with van der Waals surface area (Å²) < 4.78 is 15.6. The Labute approximate surface area is 176 Å². The number of thiophene rings is 1. The zero-order valence-electron chi connectivity index (χ0n) is 16.4. The molecule has 30 heavy (non-hydrogen) atoms. The van der Waals surface area contributed by atoms with Gasteiger partial charge in [-0.1, -0.05) is 6.07 Å². The van der Waals surface area contributed by atoms with E-state index in [9.17, 15) is 19.2 Å². The highest BCUT2D eigenvalue weighted by atomic mass is 32.1. The van der Waals surface area contributed by atoms with E-state index in [-0.39, 0.29) is 34.6 Å². The molecule has 158 valence electrons. The van der Waals surface area contributed by atoms with Crippen LogP contribution in [0.1, 0.15) is 32.9 Å². The zero-order valence-corrected chi connectivity index (χ0v) is 17.2. The molecule has 0 radical (unpaired) electrons. The highest BCUT2D eigenvalue weighted by Crippen LogP contribution is 2.37. The molecule has 0 bridgehead atoms. The molecule has 3 amide bonds. The van der Waals surface area contributed by atoms with Gasteiger partial charge in [-0.05, 0) is 30.0 Å². The number of nitrogens with zero attached hydrogens (tertiary/aromatic N) is 1. The van der Waals surface area contributed by atoms with Crippen LogP contribution in [-0.2, 0) is 14.3 Å². The molecule has 0 saturated carbocycles. The number of carbonyl (C=O) groups is 4. The molecule has 0 unspecified atom stereocenters. The maximum absolute atomic E-state index is 12.5. The Morgan fingerprint density at radius 3 is 2.60 bits per heavy atom. The number of amides is 3. The summed E-state index contributed by atoms with van der Waals surface area (Å²) in [4.78, 5) is 50.2. The summed E-state index contributed by atoms with van der Waals surface area (Å²) in [5.74, 6) is -1.59. The van der Waals surface area contributed by atoms with Crippen molar-refractivity contribution in [2.75, 3.05) is 32.7 Å². The Bertz CT molecular complexity index is 972. The molecule has 2 aromatic rings. The van der Waals surface area contributed by atoms with Gasteiger partial charge in [0.25, 0.3) is 11.8 Å². The van der Waals surface area contributed by atoms with Crippen molar-refractivity contribution < 1.29 is 33.4 Å². The molecule has 9 nitrogen and oxygen atoms in total. The first-order valence-corrected chi connectivity index (χ1v) is 9.93. The number of likely N-dealkylation sites (tertiary alicyclic amines) is 1. The van der Waals surface area contributed by atoms with Crippen LogP contribution in [0.4, 0.5) is 5.69 Å². The predicted molar refractivity (Wildman–Crippen MR) is 108 cm³/mol. The van der Waals surface area contributed by atoms with Gasteiger partial charge < -0.3 is 19.5 Å². The zero-order chi connectivity index (χ0) is 21.7. The lowest BCUT2D eigenvalue weighted by Gasteiger charge is -2.16. The van der Waals surface area contributed by atoms with Crippen molar-refractivity contribution >= 4 is 40.7 Å². The molecule has 1 aromatic carbocycles. The first-order chi connectivity index (χ1) is 14.4. The number of methoxy groups -OCH3 is 2. The summed E-state index contributed by atoms with van der Waals surface area (Å²) in [6, 6.07) is 6.16. The molecule has 1 aliphatic heterocycles. The van der Waals surface area contributed by atoms with E-state index >= 15 is 0 Å². The van der Waals surface area contributed by atoms with Gasteiger partial charge in [0.2, 0.25) is 5.91 Å². The van der Waals surface area contributed by atoms with Gasteiger partial charge in [0.1, 0.15) is 0 Å². The van der Waals surface area contributed by atoms with Gasteiger partial charge in [0.05, 0.1) is 30.3 Å². The van der Waals surface area contributed by atoms with Crippen molar-refractivity contribution in [2.24, 2.45) is 0 Å². The van der Waals surface area contributed by atoms with Crippen molar-refractivity contribution in [3.8, 4) is 11.5 Å². The van der Waals surface area contributed by atoms with E-state index in [0.29, 0.717) is 24.3 Å². The minimum Gasteiger partial charge on any atom is -0.493 e. The molecule has 2 heterocycles. The predicted octanol–water partition coefficient (Wildman–Crippen LogP) is 2.32. The lowest BCUT2D eigenvalue weighted by molar-refractivity contribution is -0.143. The molecular weight excluding hydrogens is 412 g/mol. The smallest absolute Gasteiger partial charge is 0.338 e. The Balaban J connectivity index is 1.78. The Kier molecular flexibility index (Phi) is 6.68. The average molecular weight is 432 g/mol. The van der Waals surface area contributed by atoms with Crippen molar-refractivity contribution in [1.29, 1.82) is 0 Å². The Morgan fingerprint density at radius 2 is 2.00 bits per heavy atom. The quantitative estimate of drug-likeness (QED) is 0.669. The normalized spacial score (nSPS) is 13.1. The van der Waals surface area contributed by atoms with E-state index in [4.69, 9.17) is 14.2 Å². The van der Waals surface area contributed by atoms with E-state index in [1.54, 1.807) is 17.5 Å². The maximum atomic E-state index is 12.5. The second-order valence-corrected chi connectivity index (χ2v) is 7.26. The highest BCUT2D eigenvalue weighted by molar-refractivity contribution is 7.12. The summed E-state index contributed by atoms with van der Waals surface area (Å²) in [6.45, 7) is -0.236. The second kappa shape index (κ2) is 9.40. The molecule has 0 spiro atoms. The van der Waals surface area contributed by atoms with E-state index in [0.717, 1.165) is 4.90 Å². The van der Waals surface area contributed by atoms with E-state index in [2.05, 4.69) is 5.32 Å². The van der Waals surface area contributed by atoms with Gasteiger partial charge in [-0.2, -0.15) is 0 Å². The number of rotatable bonds is 7. The molecule has 1 aliphatic rings. The third-order valence-electron chi connectivity index (χ3n) is 4.41. The summed E-state index contributed by atoms with van der Waals surface area (Å²) in [7, 11) is 2.79. The number of carbonyl (C=O) groups excluding carboxylic acids is 4.